The molecule has 0 spiro atoms. The number of likely N-dealkylation sites (tertiary alicyclic amines) is 1. The number of benzene rings is 1. The van der Waals surface area contributed by atoms with Gasteiger partial charge in [0.05, 0.1) is 5.52 Å². The van der Waals surface area contributed by atoms with E-state index in [9.17, 15) is 4.79 Å². The molecule has 1 aliphatic rings. The summed E-state index contributed by atoms with van der Waals surface area (Å²) in [7, 11) is 2.07. The summed E-state index contributed by atoms with van der Waals surface area (Å²) >= 11 is 6.04. The Morgan fingerprint density at radius 3 is 2.95 bits per heavy atom. The van der Waals surface area contributed by atoms with Crippen LogP contribution in [0.25, 0.3) is 10.9 Å². The number of aromatic nitrogens is 1. The first kappa shape index (κ1) is 15.1. The summed E-state index contributed by atoms with van der Waals surface area (Å²) in [5.74, 6) is 0.653. The van der Waals surface area contributed by atoms with E-state index in [4.69, 9.17) is 11.6 Å². The second kappa shape index (κ2) is 6.13. The van der Waals surface area contributed by atoms with E-state index >= 15 is 0 Å². The van der Waals surface area contributed by atoms with E-state index in [1.54, 1.807) is 0 Å². The fraction of sp³-hybridized carbons (Fsp3) is 0.412. The molecule has 1 aromatic heterocycles. The molecule has 1 atom stereocenters. The van der Waals surface area contributed by atoms with Crippen molar-refractivity contribution in [2.45, 2.75) is 13.3 Å². The number of carbonyl (C=O) groups is 1. The quantitative estimate of drug-likeness (QED) is 0.869. The van der Waals surface area contributed by atoms with Crippen molar-refractivity contribution in [1.29, 1.82) is 0 Å². The maximum absolute atomic E-state index is 11.9. The highest BCUT2D eigenvalue weighted by atomic mass is 35.5. The van der Waals surface area contributed by atoms with Crippen LogP contribution in [-0.4, -0.2) is 42.5 Å². The van der Waals surface area contributed by atoms with Gasteiger partial charge in [-0.25, -0.2) is 0 Å². The van der Waals surface area contributed by atoms with E-state index in [-0.39, 0.29) is 5.91 Å². The van der Waals surface area contributed by atoms with Gasteiger partial charge in [-0.15, -0.1) is 0 Å². The molecule has 1 saturated heterocycles. The largest absolute Gasteiger partial charge is 0.374 e. The average molecular weight is 318 g/mol. The van der Waals surface area contributed by atoms with Gasteiger partial charge in [-0.1, -0.05) is 11.6 Å². The first-order valence-electron chi connectivity index (χ1n) is 7.61. The molecule has 0 bridgehead atoms. The number of amides is 1. The molecule has 1 aromatic carbocycles. The molecule has 4 nitrogen and oxygen atoms in total. The average Bonchev–Trinajstić information content (AvgIpc) is 2.85. The molecule has 22 heavy (non-hydrogen) atoms. The zero-order valence-electron chi connectivity index (χ0n) is 12.9. The zero-order valence-corrected chi connectivity index (χ0v) is 13.7. The Morgan fingerprint density at radius 1 is 1.41 bits per heavy atom. The fourth-order valence-electron chi connectivity index (χ4n) is 3.21. The van der Waals surface area contributed by atoms with Gasteiger partial charge in [-0.2, -0.15) is 0 Å². The maximum atomic E-state index is 11.9. The minimum absolute atomic E-state index is 0.271. The Bertz CT molecular complexity index is 703. The second-order valence-corrected chi connectivity index (χ2v) is 6.31. The van der Waals surface area contributed by atoms with Crippen LogP contribution in [0, 0.1) is 5.92 Å². The maximum Gasteiger partial charge on any atom is 0.222 e. The second-order valence-electron chi connectivity index (χ2n) is 5.87. The molecular formula is C17H20ClN3O. The van der Waals surface area contributed by atoms with Crippen LogP contribution in [0.4, 0.5) is 5.69 Å². The van der Waals surface area contributed by atoms with E-state index < -0.39 is 0 Å². The van der Waals surface area contributed by atoms with Crippen molar-refractivity contribution in [3.8, 4) is 0 Å². The van der Waals surface area contributed by atoms with Crippen LogP contribution in [-0.2, 0) is 4.79 Å². The monoisotopic (exact) mass is 317 g/mol. The number of halogens is 1. The van der Waals surface area contributed by atoms with E-state index in [2.05, 4.69) is 16.9 Å². The summed E-state index contributed by atoms with van der Waals surface area (Å²) in [6, 6.07) is 7.80. The van der Waals surface area contributed by atoms with Crippen molar-refractivity contribution in [1.82, 2.24) is 9.88 Å². The number of hydrogen-bond acceptors (Lipinski definition) is 3. The predicted octanol–water partition coefficient (Wildman–Crippen LogP) is 3.19. The van der Waals surface area contributed by atoms with Crippen LogP contribution in [0.5, 0.6) is 0 Å². The summed E-state index contributed by atoms with van der Waals surface area (Å²) in [6.07, 6.45) is 2.45. The van der Waals surface area contributed by atoms with Crippen molar-refractivity contribution in [3.05, 3.63) is 35.5 Å². The minimum Gasteiger partial charge on any atom is -0.374 e. The summed E-state index contributed by atoms with van der Waals surface area (Å²) in [6.45, 7) is 4.55. The van der Waals surface area contributed by atoms with Gasteiger partial charge < -0.3 is 9.80 Å². The molecule has 116 valence electrons. The van der Waals surface area contributed by atoms with Crippen molar-refractivity contribution < 1.29 is 4.79 Å². The van der Waals surface area contributed by atoms with Gasteiger partial charge >= 0.3 is 0 Å². The molecule has 1 aliphatic heterocycles. The van der Waals surface area contributed by atoms with Gasteiger partial charge in [0.25, 0.3) is 0 Å². The lowest BCUT2D eigenvalue weighted by Gasteiger charge is -2.24. The standard InChI is InChI=1S/C17H20ClN3O/c1-3-21-11-12(8-17(21)22)10-20(2)16-6-7-19-15-9-13(18)4-5-14(15)16/h4-7,9,12H,3,8,10-11H2,1-2H3. The molecule has 0 aliphatic carbocycles. The molecule has 0 saturated carbocycles. The van der Waals surface area contributed by atoms with Crippen LogP contribution in [0.2, 0.25) is 5.02 Å². The SMILES string of the molecule is CCN1CC(CN(C)c2ccnc3cc(Cl)ccc23)CC1=O. The van der Waals surface area contributed by atoms with Crippen molar-refractivity contribution in [2.24, 2.45) is 5.92 Å². The number of hydrogen-bond donors (Lipinski definition) is 0. The van der Waals surface area contributed by atoms with E-state index in [1.807, 2.05) is 42.3 Å². The van der Waals surface area contributed by atoms with Gasteiger partial charge in [0, 0.05) is 61.3 Å². The third kappa shape index (κ3) is 2.88. The number of fused-ring (bicyclic) bond motifs is 1. The molecule has 1 amide bonds. The van der Waals surface area contributed by atoms with E-state index in [0.29, 0.717) is 17.4 Å². The molecule has 0 radical (unpaired) electrons. The Hall–Kier alpha value is -1.81. The van der Waals surface area contributed by atoms with Crippen molar-refractivity contribution >= 4 is 34.1 Å². The summed E-state index contributed by atoms with van der Waals surface area (Å²) < 4.78 is 0. The van der Waals surface area contributed by atoms with Crippen LogP contribution in [0.15, 0.2) is 30.5 Å². The Kier molecular flexibility index (Phi) is 4.21. The van der Waals surface area contributed by atoms with Gasteiger partial charge in [0.2, 0.25) is 5.91 Å². The van der Waals surface area contributed by atoms with Crippen LogP contribution < -0.4 is 4.90 Å². The highest BCUT2D eigenvalue weighted by Crippen LogP contribution is 2.28. The summed E-state index contributed by atoms with van der Waals surface area (Å²) in [5.41, 5.74) is 2.03. The Balaban J connectivity index is 1.81. The number of nitrogens with zero attached hydrogens (tertiary/aromatic N) is 3. The van der Waals surface area contributed by atoms with Crippen LogP contribution in [0.3, 0.4) is 0 Å². The van der Waals surface area contributed by atoms with Crippen molar-refractivity contribution in [2.75, 3.05) is 31.6 Å². The molecule has 2 heterocycles. The topological polar surface area (TPSA) is 36.4 Å². The lowest BCUT2D eigenvalue weighted by Crippen LogP contribution is -2.28. The highest BCUT2D eigenvalue weighted by Gasteiger charge is 2.29. The third-order valence-corrected chi connectivity index (χ3v) is 4.54. The fourth-order valence-corrected chi connectivity index (χ4v) is 3.37. The van der Waals surface area contributed by atoms with Crippen molar-refractivity contribution in [3.63, 3.8) is 0 Å². The normalized spacial score (nSPS) is 18.2. The first-order chi connectivity index (χ1) is 10.6. The molecule has 1 unspecified atom stereocenters. The number of rotatable bonds is 4. The highest BCUT2D eigenvalue weighted by molar-refractivity contribution is 6.31. The number of pyridine rings is 1. The van der Waals surface area contributed by atoms with Crippen LogP contribution in [0.1, 0.15) is 13.3 Å². The molecule has 5 heteroatoms. The zero-order chi connectivity index (χ0) is 15.7. The molecule has 0 N–H and O–H groups in total. The molecular weight excluding hydrogens is 298 g/mol. The summed E-state index contributed by atoms with van der Waals surface area (Å²) in [4.78, 5) is 20.4. The number of carbonyl (C=O) groups excluding carboxylic acids is 1. The van der Waals surface area contributed by atoms with Gasteiger partial charge in [-0.05, 0) is 31.2 Å². The molecule has 3 rings (SSSR count). The Morgan fingerprint density at radius 2 is 2.23 bits per heavy atom. The smallest absolute Gasteiger partial charge is 0.222 e. The van der Waals surface area contributed by atoms with E-state index in [0.717, 1.165) is 36.2 Å². The Labute approximate surface area is 135 Å². The summed E-state index contributed by atoms with van der Waals surface area (Å²) in [5, 5.41) is 1.78. The molecule has 2 aromatic rings. The lowest BCUT2D eigenvalue weighted by atomic mass is 10.1. The lowest BCUT2D eigenvalue weighted by molar-refractivity contribution is -0.127. The van der Waals surface area contributed by atoms with Gasteiger partial charge in [0.1, 0.15) is 0 Å². The molecule has 1 fully saturated rings. The van der Waals surface area contributed by atoms with E-state index in [1.165, 1.54) is 0 Å². The van der Waals surface area contributed by atoms with Gasteiger partial charge in [0.15, 0.2) is 0 Å². The number of anilines is 1. The van der Waals surface area contributed by atoms with Crippen LogP contribution >= 0.6 is 11.6 Å². The minimum atomic E-state index is 0.271. The first-order valence-corrected chi connectivity index (χ1v) is 7.99. The third-order valence-electron chi connectivity index (χ3n) is 4.30. The predicted molar refractivity (Wildman–Crippen MR) is 90.4 cm³/mol. The van der Waals surface area contributed by atoms with Gasteiger partial charge in [-0.3, -0.25) is 9.78 Å².